The van der Waals surface area contributed by atoms with E-state index in [1.165, 1.54) is 106 Å². The van der Waals surface area contributed by atoms with Crippen LogP contribution in [-0.2, 0) is 65.4 Å². The number of carbonyl (C=O) groups excluding carboxylic acids is 6. The predicted molar refractivity (Wildman–Crippen MR) is 447 cm³/mol. The molecule has 8 aliphatic rings. The van der Waals surface area contributed by atoms with Gasteiger partial charge in [0.25, 0.3) is 58.2 Å². The first-order chi connectivity index (χ1) is 60.4. The maximum Gasteiger partial charge on any atom is 0.269 e. The van der Waals surface area contributed by atoms with E-state index >= 15 is 0 Å². The van der Waals surface area contributed by atoms with E-state index in [9.17, 15) is 96.3 Å². The topological polar surface area (TPSA) is 487 Å². The minimum atomic E-state index is -3.97. The number of hydrogen-bond donors (Lipinski definition) is 4. The Hall–Kier alpha value is -12.3. The largest absolute Gasteiger partial charge is 0.392 e. The van der Waals surface area contributed by atoms with Gasteiger partial charge in [-0.05, 0) is 119 Å². The Balaban J connectivity index is 0.000000144. The van der Waals surface area contributed by atoms with Crippen LogP contribution in [0.1, 0.15) is 136 Å². The number of likely N-dealkylation sites (tertiary alicyclic amines) is 4. The SMILES string of the molecule is O=C(c1ccc(CO)cc1)N1CCC2(CC1)OCCN2C(=O)c1ccc(CO)cc1.O=C(c1ccc(CO)cc1)N1CCC2(CC1)OCCN2S(=O)(=O)c1ccc(CO)cc1.O=C(c1ccc([N+](=O)[O-])cc1)N1CCC2(CC1)OCCN2C(=O)c1ccc([N+](=O)[O-])cc1.O=C(c1ccc([N+](=O)[O-])cc1)N1CCC2(CC1)OCCN2S(=O)(=O)c1ccc([N+](=O)[O-])cc1. The Morgan fingerprint density at radius 1 is 0.278 bits per heavy atom. The van der Waals surface area contributed by atoms with Crippen LogP contribution in [0.15, 0.2) is 204 Å². The van der Waals surface area contributed by atoms with Gasteiger partial charge in [0.2, 0.25) is 20.0 Å². The van der Waals surface area contributed by atoms with Crippen LogP contribution in [0.5, 0.6) is 0 Å². The zero-order valence-electron chi connectivity index (χ0n) is 68.2. The fraction of sp³-hybridized carbons (Fsp3) is 0.372. The number of hydrogen-bond acceptors (Lipinski definition) is 26. The first kappa shape index (κ1) is 91.4. The van der Waals surface area contributed by atoms with Gasteiger partial charge in [0, 0.05) is 212 Å². The minimum Gasteiger partial charge on any atom is -0.392 e. The van der Waals surface area contributed by atoms with E-state index in [2.05, 4.69) is 0 Å². The zero-order valence-corrected chi connectivity index (χ0v) is 69.9. The summed E-state index contributed by atoms with van der Waals surface area (Å²) >= 11 is 0. The third-order valence-corrected chi connectivity index (χ3v) is 27.8. The second kappa shape index (κ2) is 39.1. The summed E-state index contributed by atoms with van der Waals surface area (Å²) in [5, 5.41) is 80.0. The fourth-order valence-corrected chi connectivity index (χ4v) is 20.2. The van der Waals surface area contributed by atoms with Crippen molar-refractivity contribution in [3.05, 3.63) is 290 Å². The first-order valence-corrected chi connectivity index (χ1v) is 43.5. The van der Waals surface area contributed by atoms with Crippen molar-refractivity contribution < 1.29 is 105 Å². The van der Waals surface area contributed by atoms with Crippen LogP contribution in [-0.4, -0.2) is 258 Å². The number of non-ortho nitro benzene ring substituents is 4. The number of aliphatic hydroxyl groups excluding tert-OH is 4. The molecule has 0 aromatic heterocycles. The lowest BCUT2D eigenvalue weighted by Gasteiger charge is -2.43. The van der Waals surface area contributed by atoms with Crippen LogP contribution >= 0.6 is 0 Å². The molecule has 8 saturated heterocycles. The van der Waals surface area contributed by atoms with E-state index in [1.807, 2.05) is 0 Å². The standard InChI is InChI=1S/C23H26N2O5.C22H26N2O6S.C21H20N4O7.C20H20N4O8S/c26-15-17-1-5-19(6-2-17)21(28)24-11-9-23(10-12-24)25(13-14-30-23)22(29)20-7-3-18(16-27)4-8-20;25-15-17-1-5-19(6-2-17)21(27)23-11-9-22(10-12-23)24(13-14-30-22)31(28,29)20-7-3-18(16-26)4-8-20;26-19(15-1-5-17(6-2-15)24(28)29)22-11-9-21(10-12-22)23(13-14-32-21)20(27)16-3-7-18(8-4-16)25(30)31;25-19(15-1-3-16(4-2-15)23(26)27)21-11-9-20(10-12-21)22(13-14-32-20)33(30,31)18-7-5-17(6-8-18)24(28)29/h1-8,26-27H,9-16H2;1-8,25-26H,9-16H2;1-8H,9-14H2;1-8H,9-14H2. The van der Waals surface area contributed by atoms with Crippen molar-refractivity contribution in [2.75, 3.05) is 105 Å². The summed E-state index contributed by atoms with van der Waals surface area (Å²) < 4.78 is 79.6. The Bertz CT molecular complexity index is 5560. The Morgan fingerprint density at radius 2 is 0.468 bits per heavy atom. The van der Waals surface area contributed by atoms with Crippen molar-refractivity contribution in [2.24, 2.45) is 0 Å². The smallest absolute Gasteiger partial charge is 0.269 e. The highest BCUT2D eigenvalue weighted by molar-refractivity contribution is 7.89. The second-order valence-electron chi connectivity index (χ2n) is 30.9. The average Bonchev–Trinajstić information content (AvgIpc) is 1.50. The second-order valence-corrected chi connectivity index (χ2v) is 34.7. The van der Waals surface area contributed by atoms with Crippen LogP contribution < -0.4 is 0 Å². The molecule has 38 nitrogen and oxygen atoms in total. The molecule has 664 valence electrons. The first-order valence-electron chi connectivity index (χ1n) is 40.6. The van der Waals surface area contributed by atoms with Gasteiger partial charge in [-0.3, -0.25) is 69.2 Å². The van der Waals surface area contributed by atoms with Gasteiger partial charge in [0.15, 0.2) is 0 Å². The van der Waals surface area contributed by atoms with Crippen molar-refractivity contribution in [3.8, 4) is 0 Å². The van der Waals surface area contributed by atoms with Gasteiger partial charge in [-0.1, -0.05) is 48.5 Å². The number of benzene rings is 8. The van der Waals surface area contributed by atoms with Crippen LogP contribution in [0.25, 0.3) is 0 Å². The number of carbonyl (C=O) groups is 6. The maximum atomic E-state index is 13.3. The number of ether oxygens (including phenoxy) is 4. The highest BCUT2D eigenvalue weighted by Gasteiger charge is 2.54. The number of aliphatic hydroxyl groups is 4. The van der Waals surface area contributed by atoms with Crippen LogP contribution in [0.4, 0.5) is 22.7 Å². The molecule has 16 rings (SSSR count). The molecule has 0 bridgehead atoms. The van der Waals surface area contributed by atoms with Crippen molar-refractivity contribution in [1.29, 1.82) is 0 Å². The summed E-state index contributed by atoms with van der Waals surface area (Å²) in [4.78, 5) is 129. The number of sulfonamides is 2. The third kappa shape index (κ3) is 19.7. The van der Waals surface area contributed by atoms with E-state index in [0.29, 0.717) is 150 Å². The van der Waals surface area contributed by atoms with E-state index < -0.39 is 62.6 Å². The van der Waals surface area contributed by atoms with Crippen LogP contribution in [0, 0.1) is 40.5 Å². The number of rotatable bonds is 18. The van der Waals surface area contributed by atoms with Gasteiger partial charge in [-0.2, -0.15) is 8.61 Å². The summed E-state index contributed by atoms with van der Waals surface area (Å²) in [6.07, 6.45) is 3.25. The Morgan fingerprint density at radius 3 is 0.706 bits per heavy atom. The number of amides is 6. The highest BCUT2D eigenvalue weighted by Crippen LogP contribution is 2.43. The van der Waals surface area contributed by atoms with Gasteiger partial charge in [-0.25, -0.2) is 16.8 Å². The van der Waals surface area contributed by atoms with Gasteiger partial charge >= 0.3 is 0 Å². The molecular weight excluding hydrogens is 1680 g/mol. The van der Waals surface area contributed by atoms with Gasteiger partial charge in [0.05, 0.1) is 82.3 Å². The van der Waals surface area contributed by atoms with Crippen molar-refractivity contribution in [3.63, 3.8) is 0 Å². The molecule has 8 aromatic carbocycles. The molecule has 0 atom stereocenters. The van der Waals surface area contributed by atoms with E-state index in [4.69, 9.17) is 29.2 Å². The molecule has 0 saturated carbocycles. The van der Waals surface area contributed by atoms with Crippen LogP contribution in [0.2, 0.25) is 0 Å². The zero-order chi connectivity index (χ0) is 89.9. The van der Waals surface area contributed by atoms with Crippen molar-refractivity contribution >= 4 is 78.2 Å². The Kier molecular flexibility index (Phi) is 28.3. The molecule has 0 aliphatic carbocycles. The van der Waals surface area contributed by atoms with Crippen molar-refractivity contribution in [2.45, 2.75) is 110 Å². The molecule has 4 N–H and O–H groups in total. The molecule has 126 heavy (non-hydrogen) atoms. The normalized spacial score (nSPS) is 18.2. The quantitative estimate of drug-likeness (QED) is 0.0469. The molecule has 8 fully saturated rings. The predicted octanol–water partition coefficient (Wildman–Crippen LogP) is 7.87. The molecule has 0 radical (unpaired) electrons. The van der Waals surface area contributed by atoms with E-state index in [1.54, 1.807) is 114 Å². The fourth-order valence-electron chi connectivity index (χ4n) is 16.7. The lowest BCUT2D eigenvalue weighted by Crippen LogP contribution is -2.55. The van der Waals surface area contributed by atoms with Crippen LogP contribution in [0.3, 0.4) is 0 Å². The number of nitro benzene ring substituents is 4. The molecule has 8 heterocycles. The number of piperidine rings is 4. The number of nitrogens with zero attached hydrogens (tertiary/aromatic N) is 12. The van der Waals surface area contributed by atoms with E-state index in [0.717, 1.165) is 28.8 Å². The molecule has 4 spiro atoms. The maximum absolute atomic E-state index is 13.3. The third-order valence-electron chi connectivity index (χ3n) is 23.9. The lowest BCUT2D eigenvalue weighted by atomic mass is 9.97. The number of nitro groups is 4. The van der Waals surface area contributed by atoms with Gasteiger partial charge < -0.3 is 68.8 Å². The molecule has 40 heteroatoms. The molecule has 8 aromatic rings. The molecule has 8 aliphatic heterocycles. The summed E-state index contributed by atoms with van der Waals surface area (Å²) in [5.74, 6) is -1.07. The summed E-state index contributed by atoms with van der Waals surface area (Å²) in [6, 6.07) is 47.8. The Labute approximate surface area is 722 Å². The van der Waals surface area contributed by atoms with Gasteiger partial charge in [-0.15, -0.1) is 0 Å². The minimum absolute atomic E-state index is 0.0510. The monoisotopic (exact) mass is 1770 g/mol. The van der Waals surface area contributed by atoms with Gasteiger partial charge in [0.1, 0.15) is 22.9 Å². The highest BCUT2D eigenvalue weighted by atomic mass is 32.2. The average molecular weight is 1770 g/mol. The molecule has 6 amide bonds. The summed E-state index contributed by atoms with van der Waals surface area (Å²) in [5.41, 5.74) is 1.55. The summed E-state index contributed by atoms with van der Waals surface area (Å²) in [6.45, 7) is 5.33. The lowest BCUT2D eigenvalue weighted by molar-refractivity contribution is -0.385. The van der Waals surface area contributed by atoms with E-state index in [-0.39, 0.29) is 140 Å². The van der Waals surface area contributed by atoms with Crippen molar-refractivity contribution in [1.82, 2.24) is 38.0 Å². The molecular formula is C86H92N12O26S2. The summed E-state index contributed by atoms with van der Waals surface area (Å²) in [7, 11) is -7.74. The molecule has 0 unspecified atom stereocenters.